The zero-order valence-corrected chi connectivity index (χ0v) is 11.7. The first-order valence-corrected chi connectivity index (χ1v) is 6.88. The number of carboxylic acids is 1. The van der Waals surface area contributed by atoms with Crippen LogP contribution in [0.25, 0.3) is 11.5 Å². The maximum Gasteiger partial charge on any atom is 0.326 e. The standard InChI is InChI=1S/C13H12BrN3O2/c14-11-9-5-3-6-10(13(18)19)17(9)12(16-11)8-4-1-2-7-15-8/h1-2,4,7,10H,3,5-6H2,(H,18,19). The third-order valence-corrected chi connectivity index (χ3v) is 3.98. The van der Waals surface area contributed by atoms with E-state index in [1.54, 1.807) is 10.8 Å². The van der Waals surface area contributed by atoms with Gasteiger partial charge in [-0.2, -0.15) is 0 Å². The molecule has 0 bridgehead atoms. The number of carboxylic acid groups (broad SMARTS) is 1. The van der Waals surface area contributed by atoms with E-state index in [1.807, 2.05) is 18.2 Å². The van der Waals surface area contributed by atoms with Gasteiger partial charge in [-0.1, -0.05) is 6.07 Å². The molecule has 1 aliphatic rings. The van der Waals surface area contributed by atoms with Crippen LogP contribution in [0, 0.1) is 0 Å². The summed E-state index contributed by atoms with van der Waals surface area (Å²) in [5, 5.41) is 9.38. The number of pyridine rings is 1. The largest absolute Gasteiger partial charge is 0.480 e. The maximum atomic E-state index is 11.4. The van der Waals surface area contributed by atoms with E-state index in [9.17, 15) is 9.90 Å². The van der Waals surface area contributed by atoms with Crippen molar-refractivity contribution >= 4 is 21.9 Å². The maximum absolute atomic E-state index is 11.4. The number of carbonyl (C=O) groups is 1. The molecule has 6 heteroatoms. The molecule has 3 heterocycles. The molecule has 19 heavy (non-hydrogen) atoms. The molecule has 1 unspecified atom stereocenters. The molecular weight excluding hydrogens is 310 g/mol. The minimum absolute atomic E-state index is 0.556. The number of imidazole rings is 1. The highest BCUT2D eigenvalue weighted by molar-refractivity contribution is 9.10. The molecule has 2 aromatic rings. The van der Waals surface area contributed by atoms with Gasteiger partial charge in [-0.25, -0.2) is 9.78 Å². The van der Waals surface area contributed by atoms with Crippen molar-refractivity contribution in [2.75, 3.05) is 0 Å². The molecule has 0 radical (unpaired) electrons. The fraction of sp³-hybridized carbons (Fsp3) is 0.308. The lowest BCUT2D eigenvalue weighted by molar-refractivity contribution is -0.141. The summed E-state index contributed by atoms with van der Waals surface area (Å²) in [6.07, 6.45) is 4.02. The molecule has 3 rings (SSSR count). The van der Waals surface area contributed by atoms with Gasteiger partial charge in [-0.3, -0.25) is 4.98 Å². The summed E-state index contributed by atoms with van der Waals surface area (Å²) in [4.78, 5) is 20.1. The number of fused-ring (bicyclic) bond motifs is 1. The summed E-state index contributed by atoms with van der Waals surface area (Å²) in [5.41, 5.74) is 1.64. The quantitative estimate of drug-likeness (QED) is 0.923. The van der Waals surface area contributed by atoms with Crippen LogP contribution in [0.4, 0.5) is 0 Å². The van der Waals surface area contributed by atoms with Crippen molar-refractivity contribution in [3.05, 3.63) is 34.7 Å². The van der Waals surface area contributed by atoms with Gasteiger partial charge in [0.05, 0.1) is 5.69 Å². The first kappa shape index (κ1) is 12.3. The van der Waals surface area contributed by atoms with Gasteiger partial charge in [0.2, 0.25) is 0 Å². The predicted molar refractivity (Wildman–Crippen MR) is 72.8 cm³/mol. The molecule has 1 atom stereocenters. The zero-order valence-electron chi connectivity index (χ0n) is 10.1. The summed E-state index contributed by atoms with van der Waals surface area (Å²) in [6.45, 7) is 0. The monoisotopic (exact) mass is 321 g/mol. The Hall–Kier alpha value is -1.69. The Labute approximate surface area is 118 Å². The van der Waals surface area contributed by atoms with Crippen LogP contribution in [0.3, 0.4) is 0 Å². The second kappa shape index (κ2) is 4.77. The Kier molecular flexibility index (Phi) is 3.10. The SMILES string of the molecule is O=C(O)C1CCCc2c(Br)nc(-c3ccccn3)n21. The van der Waals surface area contributed by atoms with Crippen molar-refractivity contribution in [1.82, 2.24) is 14.5 Å². The van der Waals surface area contributed by atoms with Crippen molar-refractivity contribution in [3.8, 4) is 11.5 Å². The highest BCUT2D eigenvalue weighted by Crippen LogP contribution is 2.35. The van der Waals surface area contributed by atoms with Gasteiger partial charge in [0.1, 0.15) is 16.3 Å². The predicted octanol–water partition coefficient (Wildman–Crippen LogP) is 2.67. The Morgan fingerprint density at radius 3 is 3.00 bits per heavy atom. The van der Waals surface area contributed by atoms with Crippen LogP contribution in [-0.4, -0.2) is 25.6 Å². The second-order valence-electron chi connectivity index (χ2n) is 4.50. The lowest BCUT2D eigenvalue weighted by Gasteiger charge is -2.23. The first-order chi connectivity index (χ1) is 9.18. The van der Waals surface area contributed by atoms with E-state index in [2.05, 4.69) is 25.9 Å². The average molecular weight is 322 g/mol. The Morgan fingerprint density at radius 1 is 1.47 bits per heavy atom. The van der Waals surface area contributed by atoms with E-state index in [1.165, 1.54) is 0 Å². The van der Waals surface area contributed by atoms with Crippen LogP contribution >= 0.6 is 15.9 Å². The molecular formula is C13H12BrN3O2. The van der Waals surface area contributed by atoms with Crippen molar-refractivity contribution in [2.45, 2.75) is 25.3 Å². The van der Waals surface area contributed by atoms with E-state index >= 15 is 0 Å². The number of aliphatic carboxylic acids is 1. The van der Waals surface area contributed by atoms with E-state index in [0.717, 1.165) is 23.1 Å². The smallest absolute Gasteiger partial charge is 0.326 e. The summed E-state index contributed by atoms with van der Waals surface area (Å²) in [6, 6.07) is 4.99. The van der Waals surface area contributed by atoms with Gasteiger partial charge < -0.3 is 9.67 Å². The van der Waals surface area contributed by atoms with E-state index in [4.69, 9.17) is 0 Å². The normalized spacial score (nSPS) is 18.1. The third kappa shape index (κ3) is 2.06. The summed E-state index contributed by atoms with van der Waals surface area (Å²) in [5.74, 6) is -0.197. The van der Waals surface area contributed by atoms with Gasteiger partial charge in [0.25, 0.3) is 0 Å². The lowest BCUT2D eigenvalue weighted by Crippen LogP contribution is -2.25. The second-order valence-corrected chi connectivity index (χ2v) is 5.26. The summed E-state index contributed by atoms with van der Waals surface area (Å²) < 4.78 is 2.53. The Morgan fingerprint density at radius 2 is 2.32 bits per heavy atom. The number of nitrogens with zero attached hydrogens (tertiary/aromatic N) is 3. The van der Waals surface area contributed by atoms with Crippen LogP contribution < -0.4 is 0 Å². The van der Waals surface area contributed by atoms with Crippen LogP contribution in [0.1, 0.15) is 24.6 Å². The van der Waals surface area contributed by atoms with Crippen molar-refractivity contribution < 1.29 is 9.90 Å². The molecule has 0 fully saturated rings. The minimum Gasteiger partial charge on any atom is -0.480 e. The molecule has 1 aliphatic heterocycles. The molecule has 5 nitrogen and oxygen atoms in total. The summed E-state index contributed by atoms with van der Waals surface area (Å²) >= 11 is 3.42. The number of rotatable bonds is 2. The summed E-state index contributed by atoms with van der Waals surface area (Å²) in [7, 11) is 0. The number of hydrogen-bond acceptors (Lipinski definition) is 3. The topological polar surface area (TPSA) is 68.0 Å². The van der Waals surface area contributed by atoms with E-state index in [-0.39, 0.29) is 0 Å². The highest BCUT2D eigenvalue weighted by Gasteiger charge is 2.31. The molecule has 2 aromatic heterocycles. The zero-order chi connectivity index (χ0) is 13.4. The Bertz CT molecular complexity index is 624. The molecule has 0 spiro atoms. The van der Waals surface area contributed by atoms with Crippen LogP contribution in [0.5, 0.6) is 0 Å². The minimum atomic E-state index is -0.817. The van der Waals surface area contributed by atoms with E-state index < -0.39 is 12.0 Å². The van der Waals surface area contributed by atoms with E-state index in [0.29, 0.717) is 17.9 Å². The molecule has 0 aliphatic carbocycles. The van der Waals surface area contributed by atoms with Gasteiger partial charge in [0, 0.05) is 6.20 Å². The van der Waals surface area contributed by atoms with Gasteiger partial charge in [-0.15, -0.1) is 0 Å². The highest BCUT2D eigenvalue weighted by atomic mass is 79.9. The van der Waals surface area contributed by atoms with Gasteiger partial charge >= 0.3 is 5.97 Å². The lowest BCUT2D eigenvalue weighted by atomic mass is 10.0. The van der Waals surface area contributed by atoms with Crippen LogP contribution in [-0.2, 0) is 11.2 Å². The number of aromatic nitrogens is 3. The molecule has 98 valence electrons. The molecule has 0 amide bonds. The number of hydrogen-bond donors (Lipinski definition) is 1. The van der Waals surface area contributed by atoms with Crippen molar-refractivity contribution in [2.24, 2.45) is 0 Å². The average Bonchev–Trinajstić information content (AvgIpc) is 2.77. The fourth-order valence-electron chi connectivity index (χ4n) is 2.50. The van der Waals surface area contributed by atoms with Crippen LogP contribution in [0.15, 0.2) is 29.0 Å². The first-order valence-electron chi connectivity index (χ1n) is 6.09. The third-order valence-electron chi connectivity index (χ3n) is 3.34. The molecule has 0 saturated heterocycles. The fourth-order valence-corrected chi connectivity index (χ4v) is 3.06. The molecule has 0 saturated carbocycles. The van der Waals surface area contributed by atoms with Crippen molar-refractivity contribution in [1.29, 1.82) is 0 Å². The number of halogens is 1. The van der Waals surface area contributed by atoms with Crippen molar-refractivity contribution in [3.63, 3.8) is 0 Å². The van der Waals surface area contributed by atoms with Gasteiger partial charge in [-0.05, 0) is 47.3 Å². The molecule has 1 N–H and O–H groups in total. The van der Waals surface area contributed by atoms with Crippen LogP contribution in [0.2, 0.25) is 0 Å². The van der Waals surface area contributed by atoms with Gasteiger partial charge in [0.15, 0.2) is 5.82 Å². The Balaban J connectivity index is 2.20. The molecule has 0 aromatic carbocycles.